The Bertz CT molecular complexity index is 333. The van der Waals surface area contributed by atoms with E-state index in [4.69, 9.17) is 5.84 Å². The smallest absolute Gasteiger partial charge is 0.0712 e. The van der Waals surface area contributed by atoms with Crippen LogP contribution < -0.4 is 11.3 Å². The third-order valence-electron chi connectivity index (χ3n) is 2.51. The summed E-state index contributed by atoms with van der Waals surface area (Å²) < 4.78 is 3.03. The first kappa shape index (κ1) is 13.7. The van der Waals surface area contributed by atoms with Gasteiger partial charge in [-0.2, -0.15) is 5.10 Å². The first-order chi connectivity index (χ1) is 7.47. The van der Waals surface area contributed by atoms with Crippen molar-refractivity contribution < 1.29 is 0 Å². The molecule has 1 atom stereocenters. The second-order valence-corrected chi connectivity index (χ2v) is 5.62. The van der Waals surface area contributed by atoms with Crippen molar-refractivity contribution in [2.45, 2.75) is 46.2 Å². The third kappa shape index (κ3) is 3.06. The van der Waals surface area contributed by atoms with Gasteiger partial charge < -0.3 is 0 Å². The number of hydrogen-bond acceptors (Lipinski definition) is 3. The molecule has 3 N–H and O–H groups in total. The first-order valence-corrected chi connectivity index (χ1v) is 6.45. The van der Waals surface area contributed by atoms with E-state index in [0.717, 1.165) is 16.6 Å². The lowest BCUT2D eigenvalue weighted by Crippen LogP contribution is -2.31. The van der Waals surface area contributed by atoms with Crippen molar-refractivity contribution in [3.63, 3.8) is 0 Å². The number of hydrazine groups is 1. The Morgan fingerprint density at radius 2 is 2.06 bits per heavy atom. The molecule has 0 spiro atoms. The van der Waals surface area contributed by atoms with E-state index in [1.165, 1.54) is 0 Å². The van der Waals surface area contributed by atoms with Crippen LogP contribution in [-0.4, -0.2) is 9.78 Å². The summed E-state index contributed by atoms with van der Waals surface area (Å²) in [6, 6.07) is 0.476. The number of nitrogens with zero attached hydrogens (tertiary/aromatic N) is 2. The molecule has 0 aromatic carbocycles. The molecule has 16 heavy (non-hydrogen) atoms. The van der Waals surface area contributed by atoms with Crippen molar-refractivity contribution in [3.8, 4) is 0 Å². The van der Waals surface area contributed by atoms with Crippen molar-refractivity contribution in [1.29, 1.82) is 0 Å². The Labute approximate surface area is 106 Å². The van der Waals surface area contributed by atoms with Crippen molar-refractivity contribution in [3.05, 3.63) is 16.4 Å². The fourth-order valence-electron chi connectivity index (χ4n) is 1.82. The van der Waals surface area contributed by atoms with Crippen molar-refractivity contribution in [2.24, 2.45) is 11.8 Å². The molecule has 0 radical (unpaired) electrons. The summed E-state index contributed by atoms with van der Waals surface area (Å²) in [5, 5.41) is 4.37. The molecule has 0 aliphatic heterocycles. The molecular weight excluding hydrogens is 268 g/mol. The van der Waals surface area contributed by atoms with E-state index in [0.29, 0.717) is 12.0 Å². The lowest BCUT2D eigenvalue weighted by atomic mass is 10.0. The maximum absolute atomic E-state index is 5.64. The van der Waals surface area contributed by atoms with Gasteiger partial charge in [0.05, 0.1) is 22.4 Å². The molecule has 4 nitrogen and oxygen atoms in total. The minimum atomic E-state index is 0.138. The number of rotatable bonds is 5. The molecule has 1 heterocycles. The monoisotopic (exact) mass is 288 g/mol. The molecular formula is C11H21BrN4. The highest BCUT2D eigenvalue weighted by atomic mass is 79.9. The zero-order valence-electron chi connectivity index (χ0n) is 10.4. The first-order valence-electron chi connectivity index (χ1n) is 5.66. The van der Waals surface area contributed by atoms with E-state index in [9.17, 15) is 0 Å². The van der Waals surface area contributed by atoms with Gasteiger partial charge in [0.2, 0.25) is 0 Å². The van der Waals surface area contributed by atoms with Gasteiger partial charge in [0.1, 0.15) is 0 Å². The summed E-state index contributed by atoms with van der Waals surface area (Å²) in [5.74, 6) is 6.22. The molecule has 0 saturated heterocycles. The van der Waals surface area contributed by atoms with Crippen LogP contribution in [0.25, 0.3) is 0 Å². The summed E-state index contributed by atoms with van der Waals surface area (Å²) in [4.78, 5) is 0. The summed E-state index contributed by atoms with van der Waals surface area (Å²) in [6.45, 7) is 8.61. The lowest BCUT2D eigenvalue weighted by Gasteiger charge is -2.21. The molecule has 0 saturated carbocycles. The highest BCUT2D eigenvalue weighted by Gasteiger charge is 2.21. The van der Waals surface area contributed by atoms with Gasteiger partial charge in [-0.25, -0.2) is 0 Å². The van der Waals surface area contributed by atoms with Gasteiger partial charge in [-0.3, -0.25) is 16.0 Å². The summed E-state index contributed by atoms with van der Waals surface area (Å²) in [7, 11) is 0. The second kappa shape index (κ2) is 5.80. The van der Waals surface area contributed by atoms with Gasteiger partial charge in [-0.15, -0.1) is 0 Å². The van der Waals surface area contributed by atoms with E-state index in [2.05, 4.69) is 54.1 Å². The third-order valence-corrected chi connectivity index (χ3v) is 3.13. The quantitative estimate of drug-likeness (QED) is 0.647. The molecule has 0 bridgehead atoms. The second-order valence-electron chi connectivity index (χ2n) is 4.76. The van der Waals surface area contributed by atoms with Crippen LogP contribution in [0.5, 0.6) is 0 Å². The van der Waals surface area contributed by atoms with E-state index < -0.39 is 0 Å². The Morgan fingerprint density at radius 1 is 1.44 bits per heavy atom. The van der Waals surface area contributed by atoms with E-state index in [-0.39, 0.29) is 6.04 Å². The van der Waals surface area contributed by atoms with Gasteiger partial charge >= 0.3 is 0 Å². The summed E-state index contributed by atoms with van der Waals surface area (Å²) >= 11 is 3.54. The Kier molecular flexibility index (Phi) is 4.95. The normalized spacial score (nSPS) is 13.8. The average Bonchev–Trinajstić information content (AvgIpc) is 2.56. The van der Waals surface area contributed by atoms with Crippen molar-refractivity contribution >= 4 is 15.9 Å². The van der Waals surface area contributed by atoms with Crippen LogP contribution in [0.1, 0.15) is 51.9 Å². The zero-order chi connectivity index (χ0) is 12.3. The largest absolute Gasteiger partial charge is 0.271 e. The fraction of sp³-hybridized carbons (Fsp3) is 0.727. The maximum atomic E-state index is 5.64. The van der Waals surface area contributed by atoms with E-state index in [1.54, 1.807) is 0 Å². The molecule has 0 amide bonds. The molecule has 5 heteroatoms. The van der Waals surface area contributed by atoms with Gasteiger partial charge in [0.15, 0.2) is 0 Å². The number of halogens is 1. The lowest BCUT2D eigenvalue weighted by molar-refractivity contribution is 0.392. The Hall–Kier alpha value is -0.390. The number of aromatic nitrogens is 2. The predicted molar refractivity (Wildman–Crippen MR) is 69.8 cm³/mol. The van der Waals surface area contributed by atoms with Gasteiger partial charge in [0, 0.05) is 6.04 Å². The van der Waals surface area contributed by atoms with Crippen LogP contribution in [0.4, 0.5) is 0 Å². The highest BCUT2D eigenvalue weighted by molar-refractivity contribution is 9.10. The summed E-state index contributed by atoms with van der Waals surface area (Å²) in [5.41, 5.74) is 4.01. The molecule has 1 aromatic rings. The molecule has 92 valence electrons. The molecule has 0 aliphatic rings. The van der Waals surface area contributed by atoms with Crippen LogP contribution in [0.15, 0.2) is 10.7 Å². The van der Waals surface area contributed by atoms with Crippen LogP contribution in [0.3, 0.4) is 0 Å². The van der Waals surface area contributed by atoms with Crippen LogP contribution in [0, 0.1) is 5.92 Å². The standard InChI is InChI=1S/C11H21BrN4/c1-7(2)5-10(15-13)11-9(12)6-14-16(11)8(3)4/h6-8,10,15H,5,13H2,1-4H3. The Balaban J connectivity index is 3.03. The topological polar surface area (TPSA) is 55.9 Å². The van der Waals surface area contributed by atoms with Crippen molar-refractivity contribution in [1.82, 2.24) is 15.2 Å². The molecule has 1 unspecified atom stereocenters. The fourth-order valence-corrected chi connectivity index (χ4v) is 2.37. The van der Waals surface area contributed by atoms with Crippen molar-refractivity contribution in [2.75, 3.05) is 0 Å². The highest BCUT2D eigenvalue weighted by Crippen LogP contribution is 2.29. The average molecular weight is 289 g/mol. The van der Waals surface area contributed by atoms with E-state index in [1.807, 2.05) is 10.9 Å². The molecule has 1 aromatic heterocycles. The predicted octanol–water partition coefficient (Wildman–Crippen LogP) is 2.78. The number of nitrogens with one attached hydrogen (secondary N) is 1. The van der Waals surface area contributed by atoms with Crippen LogP contribution in [0.2, 0.25) is 0 Å². The Morgan fingerprint density at radius 3 is 2.50 bits per heavy atom. The van der Waals surface area contributed by atoms with Crippen LogP contribution >= 0.6 is 15.9 Å². The van der Waals surface area contributed by atoms with E-state index >= 15 is 0 Å². The molecule has 0 aliphatic carbocycles. The minimum Gasteiger partial charge on any atom is -0.271 e. The number of hydrogen-bond donors (Lipinski definition) is 2. The van der Waals surface area contributed by atoms with Gasteiger partial charge in [-0.1, -0.05) is 13.8 Å². The SMILES string of the molecule is CC(C)CC(NN)c1c(Br)cnn1C(C)C. The molecule has 0 fully saturated rings. The minimum absolute atomic E-state index is 0.138. The van der Waals surface area contributed by atoms with Crippen LogP contribution in [-0.2, 0) is 0 Å². The summed E-state index contributed by atoms with van der Waals surface area (Å²) in [6.07, 6.45) is 2.83. The maximum Gasteiger partial charge on any atom is 0.0712 e. The molecule has 1 rings (SSSR count). The van der Waals surface area contributed by atoms with Gasteiger partial charge in [0.25, 0.3) is 0 Å². The van der Waals surface area contributed by atoms with Gasteiger partial charge in [-0.05, 0) is 42.1 Å². The zero-order valence-corrected chi connectivity index (χ0v) is 12.0. The number of nitrogens with two attached hydrogens (primary N) is 1.